The van der Waals surface area contributed by atoms with Gasteiger partial charge in [0.25, 0.3) is 0 Å². The van der Waals surface area contributed by atoms with Crippen LogP contribution < -0.4 is 16.6 Å². The first-order valence-corrected chi connectivity index (χ1v) is 7.60. The molecule has 6 heteroatoms. The molecule has 6 nitrogen and oxygen atoms in total. The number of hydrogen-bond acceptors (Lipinski definition) is 6. The number of aromatic nitrogens is 2. The first-order chi connectivity index (χ1) is 9.78. The maximum absolute atomic E-state index is 5.49. The first-order valence-electron chi connectivity index (χ1n) is 7.60. The van der Waals surface area contributed by atoms with Crippen molar-refractivity contribution >= 4 is 11.6 Å². The van der Waals surface area contributed by atoms with Crippen molar-refractivity contribution in [3.05, 3.63) is 11.9 Å². The number of anilines is 2. The highest BCUT2D eigenvalue weighted by molar-refractivity contribution is 5.47. The van der Waals surface area contributed by atoms with E-state index in [1.165, 1.54) is 32.4 Å². The monoisotopic (exact) mass is 276 g/mol. The van der Waals surface area contributed by atoms with E-state index in [1.807, 2.05) is 6.07 Å². The molecule has 1 aliphatic heterocycles. The summed E-state index contributed by atoms with van der Waals surface area (Å²) in [5.41, 5.74) is 2.64. The van der Waals surface area contributed by atoms with Gasteiger partial charge in [0.2, 0.25) is 0 Å². The van der Waals surface area contributed by atoms with Gasteiger partial charge >= 0.3 is 0 Å². The van der Waals surface area contributed by atoms with Gasteiger partial charge in [-0.1, -0.05) is 6.92 Å². The molecule has 0 radical (unpaired) electrons. The van der Waals surface area contributed by atoms with Crippen molar-refractivity contribution in [1.82, 2.24) is 14.9 Å². The molecule has 2 fully saturated rings. The summed E-state index contributed by atoms with van der Waals surface area (Å²) in [6.07, 6.45) is 3.66. The molecule has 1 aliphatic carbocycles. The molecule has 0 spiro atoms. The molecule has 2 heterocycles. The highest BCUT2D eigenvalue weighted by atomic mass is 15.3. The fraction of sp³-hybridized carbons (Fsp3) is 0.714. The number of likely N-dealkylation sites (tertiary alicyclic amines) is 1. The molecule has 0 aromatic carbocycles. The van der Waals surface area contributed by atoms with Gasteiger partial charge in [0.05, 0.1) is 0 Å². The van der Waals surface area contributed by atoms with Gasteiger partial charge in [-0.3, -0.25) is 0 Å². The van der Waals surface area contributed by atoms with Crippen LogP contribution in [0.3, 0.4) is 0 Å². The van der Waals surface area contributed by atoms with Crippen LogP contribution in [0.2, 0.25) is 0 Å². The summed E-state index contributed by atoms with van der Waals surface area (Å²) >= 11 is 0. The van der Waals surface area contributed by atoms with Crippen LogP contribution in [0.5, 0.6) is 0 Å². The number of nitrogens with zero attached hydrogens (tertiary/aromatic N) is 3. The van der Waals surface area contributed by atoms with Crippen LogP contribution >= 0.6 is 0 Å². The Balaban J connectivity index is 1.60. The van der Waals surface area contributed by atoms with Crippen LogP contribution in [0.4, 0.5) is 11.6 Å². The van der Waals surface area contributed by atoms with Crippen molar-refractivity contribution in [2.24, 2.45) is 11.8 Å². The number of rotatable bonds is 6. The molecule has 1 unspecified atom stereocenters. The van der Waals surface area contributed by atoms with Crippen molar-refractivity contribution in [2.75, 3.05) is 36.9 Å². The first kappa shape index (κ1) is 13.6. The summed E-state index contributed by atoms with van der Waals surface area (Å²) in [5.74, 6) is 9.25. The molecule has 0 bridgehead atoms. The lowest BCUT2D eigenvalue weighted by molar-refractivity contribution is 0.345. The predicted octanol–water partition coefficient (Wildman–Crippen LogP) is 1.39. The van der Waals surface area contributed by atoms with Crippen LogP contribution in [0, 0.1) is 5.92 Å². The lowest BCUT2D eigenvalue weighted by atomic mass is 10.1. The van der Waals surface area contributed by atoms with Crippen molar-refractivity contribution in [2.45, 2.75) is 32.1 Å². The molecule has 1 aromatic heterocycles. The lowest BCUT2D eigenvalue weighted by Gasteiger charge is -2.15. The van der Waals surface area contributed by atoms with Crippen molar-refractivity contribution in [3.8, 4) is 0 Å². The molecular weight excluding hydrogens is 252 g/mol. The van der Waals surface area contributed by atoms with Gasteiger partial charge in [-0.15, -0.1) is 0 Å². The van der Waals surface area contributed by atoms with Gasteiger partial charge in [-0.25, -0.2) is 15.8 Å². The third-order valence-corrected chi connectivity index (χ3v) is 4.22. The lowest BCUT2D eigenvalue weighted by Crippen LogP contribution is -2.23. The van der Waals surface area contributed by atoms with Crippen LogP contribution in [0.25, 0.3) is 0 Å². The SMILES string of the molecule is CCN1CCC(CNc2cc(NN)nc(C3CC3)n2)C1. The Hall–Kier alpha value is -1.40. The van der Waals surface area contributed by atoms with E-state index in [-0.39, 0.29) is 0 Å². The second kappa shape index (κ2) is 5.93. The van der Waals surface area contributed by atoms with E-state index >= 15 is 0 Å². The Morgan fingerprint density at radius 2 is 2.10 bits per heavy atom. The predicted molar refractivity (Wildman–Crippen MR) is 80.5 cm³/mol. The van der Waals surface area contributed by atoms with Gasteiger partial charge in [0.1, 0.15) is 17.5 Å². The molecule has 1 aromatic rings. The average molecular weight is 276 g/mol. The fourth-order valence-electron chi connectivity index (χ4n) is 2.77. The van der Waals surface area contributed by atoms with E-state index < -0.39 is 0 Å². The summed E-state index contributed by atoms with van der Waals surface area (Å²) < 4.78 is 0. The van der Waals surface area contributed by atoms with Crippen molar-refractivity contribution in [1.29, 1.82) is 0 Å². The second-order valence-electron chi connectivity index (χ2n) is 5.84. The molecular formula is C14H24N6. The third-order valence-electron chi connectivity index (χ3n) is 4.22. The van der Waals surface area contributed by atoms with Gasteiger partial charge in [0, 0.05) is 25.1 Å². The maximum atomic E-state index is 5.49. The van der Waals surface area contributed by atoms with Crippen molar-refractivity contribution in [3.63, 3.8) is 0 Å². The summed E-state index contributed by atoms with van der Waals surface area (Å²) in [4.78, 5) is 11.5. The highest BCUT2D eigenvalue weighted by Crippen LogP contribution is 2.38. The van der Waals surface area contributed by atoms with Crippen LogP contribution in [0.15, 0.2) is 6.07 Å². The molecule has 3 rings (SSSR count). The number of hydrogen-bond donors (Lipinski definition) is 3. The zero-order valence-electron chi connectivity index (χ0n) is 12.1. The molecule has 0 amide bonds. The summed E-state index contributed by atoms with van der Waals surface area (Å²) in [7, 11) is 0. The van der Waals surface area contributed by atoms with E-state index in [0.29, 0.717) is 17.7 Å². The third kappa shape index (κ3) is 3.19. The largest absolute Gasteiger partial charge is 0.370 e. The van der Waals surface area contributed by atoms with E-state index in [0.717, 1.165) is 24.7 Å². The Morgan fingerprint density at radius 3 is 2.75 bits per heavy atom. The Labute approximate surface area is 120 Å². The number of hydrazine groups is 1. The normalized spacial score (nSPS) is 23.0. The fourth-order valence-corrected chi connectivity index (χ4v) is 2.77. The molecule has 1 atom stereocenters. The van der Waals surface area contributed by atoms with E-state index in [1.54, 1.807) is 0 Å². The number of nitrogen functional groups attached to an aromatic ring is 1. The second-order valence-corrected chi connectivity index (χ2v) is 5.84. The smallest absolute Gasteiger partial charge is 0.145 e. The van der Waals surface area contributed by atoms with Crippen LogP contribution in [-0.4, -0.2) is 41.0 Å². The number of nitrogens with one attached hydrogen (secondary N) is 2. The van der Waals surface area contributed by atoms with Crippen molar-refractivity contribution < 1.29 is 0 Å². The van der Waals surface area contributed by atoms with Gasteiger partial charge in [0.15, 0.2) is 0 Å². The van der Waals surface area contributed by atoms with E-state index in [9.17, 15) is 0 Å². The molecule has 20 heavy (non-hydrogen) atoms. The van der Waals surface area contributed by atoms with E-state index in [4.69, 9.17) is 5.84 Å². The quantitative estimate of drug-likeness (QED) is 0.538. The zero-order chi connectivity index (χ0) is 13.9. The molecule has 1 saturated heterocycles. The molecule has 1 saturated carbocycles. The van der Waals surface area contributed by atoms with Crippen LogP contribution in [-0.2, 0) is 0 Å². The van der Waals surface area contributed by atoms with Gasteiger partial charge in [-0.2, -0.15) is 0 Å². The maximum Gasteiger partial charge on any atom is 0.145 e. The molecule has 2 aliphatic rings. The van der Waals surface area contributed by atoms with Crippen LogP contribution in [0.1, 0.15) is 37.9 Å². The summed E-state index contributed by atoms with van der Waals surface area (Å²) in [6, 6.07) is 1.89. The Morgan fingerprint density at radius 1 is 1.30 bits per heavy atom. The Kier molecular flexibility index (Phi) is 4.03. The van der Waals surface area contributed by atoms with Gasteiger partial charge in [-0.05, 0) is 38.3 Å². The topological polar surface area (TPSA) is 79.1 Å². The minimum Gasteiger partial charge on any atom is -0.370 e. The summed E-state index contributed by atoms with van der Waals surface area (Å²) in [6.45, 7) is 6.75. The number of nitrogens with two attached hydrogens (primary N) is 1. The highest BCUT2D eigenvalue weighted by Gasteiger charge is 2.27. The van der Waals surface area contributed by atoms with E-state index in [2.05, 4.69) is 32.5 Å². The van der Waals surface area contributed by atoms with Gasteiger partial charge < -0.3 is 15.6 Å². The molecule has 4 N–H and O–H groups in total. The average Bonchev–Trinajstić information content (AvgIpc) is 3.24. The Bertz CT molecular complexity index is 459. The zero-order valence-corrected chi connectivity index (χ0v) is 12.1. The minimum absolute atomic E-state index is 0.533. The minimum atomic E-state index is 0.533. The summed E-state index contributed by atoms with van der Waals surface area (Å²) in [5, 5.41) is 3.46. The standard InChI is InChI=1S/C14H24N6/c1-2-20-6-5-10(9-20)8-16-12-7-13(19-15)18-14(17-12)11-3-4-11/h7,10-11H,2-6,8-9,15H2,1H3,(H2,16,17,18,19). The molecule has 110 valence electrons.